The normalized spacial score (nSPS) is 15.0. The molecule has 1 aliphatic heterocycles. The van der Waals surface area contributed by atoms with Crippen LogP contribution in [-0.4, -0.2) is 46.0 Å². The van der Waals surface area contributed by atoms with Crippen LogP contribution in [0.25, 0.3) is 5.57 Å². The first-order valence-electron chi connectivity index (χ1n) is 7.91. The van der Waals surface area contributed by atoms with Gasteiger partial charge in [-0.1, -0.05) is 18.2 Å². The van der Waals surface area contributed by atoms with Crippen LogP contribution < -0.4 is 4.74 Å². The molecule has 6 nitrogen and oxygen atoms in total. The summed E-state index contributed by atoms with van der Waals surface area (Å²) in [7, 11) is 2.83. The van der Waals surface area contributed by atoms with Crippen LogP contribution in [0.1, 0.15) is 28.2 Å². The predicted octanol–water partition coefficient (Wildman–Crippen LogP) is 2.77. The van der Waals surface area contributed by atoms with Gasteiger partial charge in [0.25, 0.3) is 5.91 Å². The van der Waals surface area contributed by atoms with Crippen LogP contribution >= 0.6 is 0 Å². The first-order valence-corrected chi connectivity index (χ1v) is 7.91. The Labute approximate surface area is 147 Å². The quantitative estimate of drug-likeness (QED) is 0.838. The van der Waals surface area contributed by atoms with Crippen LogP contribution in [0.2, 0.25) is 0 Å². The van der Waals surface area contributed by atoms with E-state index in [-0.39, 0.29) is 6.54 Å². The second-order valence-electron chi connectivity index (χ2n) is 5.85. The maximum Gasteiger partial charge on any atom is 0.437 e. The fourth-order valence-electron chi connectivity index (χ4n) is 2.83. The van der Waals surface area contributed by atoms with Gasteiger partial charge in [-0.3, -0.25) is 4.79 Å². The van der Waals surface area contributed by atoms with E-state index in [1.165, 1.54) is 11.9 Å². The molecule has 0 N–H and O–H groups in total. The molecule has 1 aromatic heterocycles. The van der Waals surface area contributed by atoms with Crippen molar-refractivity contribution in [2.45, 2.75) is 12.6 Å². The lowest BCUT2D eigenvalue weighted by atomic mass is 9.99. The van der Waals surface area contributed by atoms with E-state index < -0.39 is 23.5 Å². The molecule has 2 aromatic rings. The predicted molar refractivity (Wildman–Crippen MR) is 87.5 cm³/mol. The highest BCUT2D eigenvalue weighted by atomic mass is 19.4. The zero-order chi connectivity index (χ0) is 18.9. The van der Waals surface area contributed by atoms with Crippen molar-refractivity contribution < 1.29 is 22.7 Å². The summed E-state index contributed by atoms with van der Waals surface area (Å²) in [6.45, 7) is 0.509. The minimum absolute atomic E-state index is 0.208. The monoisotopic (exact) mass is 366 g/mol. The molecule has 0 bridgehead atoms. The topological polar surface area (TPSA) is 60.2 Å². The maximum absolute atomic E-state index is 13.0. The van der Waals surface area contributed by atoms with Gasteiger partial charge in [-0.2, -0.15) is 18.0 Å². The van der Waals surface area contributed by atoms with Crippen molar-refractivity contribution in [3.8, 4) is 5.75 Å². The van der Waals surface area contributed by atoms with Gasteiger partial charge in [0.15, 0.2) is 11.4 Å². The number of nitrogens with zero attached hydrogens (tertiary/aromatic N) is 4. The summed E-state index contributed by atoms with van der Waals surface area (Å²) in [5, 5.41) is 6.89. The van der Waals surface area contributed by atoms with Crippen molar-refractivity contribution in [2.24, 2.45) is 7.05 Å². The van der Waals surface area contributed by atoms with E-state index in [9.17, 15) is 18.0 Å². The average molecular weight is 366 g/mol. The van der Waals surface area contributed by atoms with Crippen molar-refractivity contribution in [3.05, 3.63) is 47.3 Å². The maximum atomic E-state index is 13.0. The molecule has 1 amide bonds. The molecular formula is C17H17F3N4O2. The number of hydrogen-bond acceptors (Lipinski definition) is 4. The minimum atomic E-state index is -4.73. The van der Waals surface area contributed by atoms with Crippen molar-refractivity contribution in [2.75, 3.05) is 20.2 Å². The number of carbonyl (C=O) groups excluding carboxylic acids is 1. The molecule has 138 valence electrons. The van der Waals surface area contributed by atoms with E-state index >= 15 is 0 Å². The summed E-state index contributed by atoms with van der Waals surface area (Å²) in [6.07, 6.45) is -2.36. The Morgan fingerprint density at radius 1 is 1.27 bits per heavy atom. The molecule has 1 aliphatic rings. The second kappa shape index (κ2) is 6.81. The van der Waals surface area contributed by atoms with Gasteiger partial charge >= 0.3 is 6.18 Å². The molecule has 0 saturated carbocycles. The van der Waals surface area contributed by atoms with E-state index in [1.54, 1.807) is 7.11 Å². The Morgan fingerprint density at radius 3 is 2.65 bits per heavy atom. The summed E-state index contributed by atoms with van der Waals surface area (Å²) < 4.78 is 44.3. The number of benzene rings is 1. The van der Waals surface area contributed by atoms with E-state index in [2.05, 4.69) is 10.2 Å². The highest BCUT2D eigenvalue weighted by molar-refractivity contribution is 5.94. The molecule has 0 saturated heterocycles. The van der Waals surface area contributed by atoms with Gasteiger partial charge in [0.2, 0.25) is 0 Å². The number of amides is 1. The Bertz CT molecular complexity index is 858. The number of carbonyl (C=O) groups is 1. The van der Waals surface area contributed by atoms with Gasteiger partial charge in [-0.05, 0) is 29.7 Å². The van der Waals surface area contributed by atoms with Gasteiger partial charge in [0.05, 0.1) is 7.11 Å². The van der Waals surface area contributed by atoms with Gasteiger partial charge in [0, 0.05) is 20.1 Å². The molecule has 1 aromatic carbocycles. The third-order valence-corrected chi connectivity index (χ3v) is 4.12. The van der Waals surface area contributed by atoms with Crippen molar-refractivity contribution in [1.29, 1.82) is 0 Å². The SMILES string of the molecule is COc1cccc(C2=CCN(C(=O)c3nn(C)nc3C(F)(F)F)CC2)c1. The summed E-state index contributed by atoms with van der Waals surface area (Å²) in [5.41, 5.74) is 0.0564. The molecule has 2 heterocycles. The van der Waals surface area contributed by atoms with Gasteiger partial charge in [-0.25, -0.2) is 0 Å². The Hall–Kier alpha value is -2.84. The fourth-order valence-corrected chi connectivity index (χ4v) is 2.83. The minimum Gasteiger partial charge on any atom is -0.497 e. The lowest BCUT2D eigenvalue weighted by Gasteiger charge is -2.26. The highest BCUT2D eigenvalue weighted by Gasteiger charge is 2.41. The smallest absolute Gasteiger partial charge is 0.437 e. The Morgan fingerprint density at radius 2 is 2.04 bits per heavy atom. The fraction of sp³-hybridized carbons (Fsp3) is 0.353. The van der Waals surface area contributed by atoms with Gasteiger partial charge < -0.3 is 9.64 Å². The van der Waals surface area contributed by atoms with E-state index in [1.807, 2.05) is 30.3 Å². The van der Waals surface area contributed by atoms with Crippen LogP contribution in [0.5, 0.6) is 5.75 Å². The van der Waals surface area contributed by atoms with Gasteiger partial charge in [-0.15, -0.1) is 10.2 Å². The van der Waals surface area contributed by atoms with Crippen LogP contribution in [0.4, 0.5) is 13.2 Å². The third kappa shape index (κ3) is 3.56. The number of hydrogen-bond donors (Lipinski definition) is 0. The summed E-state index contributed by atoms with van der Waals surface area (Å²) in [5.74, 6) is -0.0531. The Balaban J connectivity index is 1.79. The van der Waals surface area contributed by atoms with Gasteiger partial charge in [0.1, 0.15) is 5.75 Å². The average Bonchev–Trinajstić information content (AvgIpc) is 3.03. The molecule has 0 spiro atoms. The van der Waals surface area contributed by atoms with Crippen molar-refractivity contribution in [1.82, 2.24) is 19.9 Å². The zero-order valence-electron chi connectivity index (χ0n) is 14.2. The van der Waals surface area contributed by atoms with E-state index in [4.69, 9.17) is 4.74 Å². The number of rotatable bonds is 3. The molecule has 0 fully saturated rings. The number of methoxy groups -OCH3 is 1. The molecule has 9 heteroatoms. The molecule has 0 unspecified atom stereocenters. The van der Waals surface area contributed by atoms with E-state index in [0.29, 0.717) is 13.0 Å². The van der Waals surface area contributed by atoms with Crippen molar-refractivity contribution >= 4 is 11.5 Å². The first-order chi connectivity index (χ1) is 12.3. The van der Waals surface area contributed by atoms with Crippen LogP contribution in [-0.2, 0) is 13.2 Å². The van der Waals surface area contributed by atoms with Crippen LogP contribution in [0, 0.1) is 0 Å². The van der Waals surface area contributed by atoms with Crippen LogP contribution in [0.15, 0.2) is 30.3 Å². The molecule has 0 aliphatic carbocycles. The largest absolute Gasteiger partial charge is 0.497 e. The molecule has 26 heavy (non-hydrogen) atoms. The molecule has 3 rings (SSSR count). The van der Waals surface area contributed by atoms with Crippen LogP contribution in [0.3, 0.4) is 0 Å². The lowest BCUT2D eigenvalue weighted by molar-refractivity contribution is -0.141. The number of aromatic nitrogens is 3. The van der Waals surface area contributed by atoms with Crippen molar-refractivity contribution in [3.63, 3.8) is 0 Å². The summed E-state index contributed by atoms with van der Waals surface area (Å²) >= 11 is 0. The molecule has 0 radical (unpaired) electrons. The summed E-state index contributed by atoms with van der Waals surface area (Å²) in [6, 6.07) is 7.50. The molecule has 0 atom stereocenters. The highest BCUT2D eigenvalue weighted by Crippen LogP contribution is 2.31. The zero-order valence-corrected chi connectivity index (χ0v) is 14.2. The first kappa shape index (κ1) is 18.0. The number of ether oxygens (including phenoxy) is 1. The Kier molecular flexibility index (Phi) is 4.71. The summed E-state index contributed by atoms with van der Waals surface area (Å²) in [4.78, 5) is 14.6. The number of alkyl halides is 3. The third-order valence-electron chi connectivity index (χ3n) is 4.12. The standard InChI is InChI=1S/C17H17F3N4O2/c1-23-21-14(15(22-23)17(18,19)20)16(25)24-8-6-11(7-9-24)12-4-3-5-13(10-12)26-2/h3-6,10H,7-9H2,1-2H3. The second-order valence-corrected chi connectivity index (χ2v) is 5.85. The van der Waals surface area contributed by atoms with E-state index in [0.717, 1.165) is 21.7 Å². The lowest BCUT2D eigenvalue weighted by Crippen LogP contribution is -2.36. The number of aryl methyl sites for hydroxylation is 1. The molecular weight excluding hydrogens is 349 g/mol. The number of halogens is 3.